The molecule has 0 aromatic heterocycles. The van der Waals surface area contributed by atoms with Crippen molar-refractivity contribution in [1.29, 1.82) is 0 Å². The number of nitrogens with one attached hydrogen (secondary N) is 2. The number of benzene rings is 1. The number of hydrogen-bond donors (Lipinski definition) is 2. The summed E-state index contributed by atoms with van der Waals surface area (Å²) in [5, 5.41) is 6.39. The number of halogens is 1. The Labute approximate surface area is 198 Å². The van der Waals surface area contributed by atoms with Crippen LogP contribution in [0, 0.1) is 0 Å². The lowest BCUT2D eigenvalue weighted by Crippen LogP contribution is -2.39. The molecule has 0 radical (unpaired) electrons. The highest BCUT2D eigenvalue weighted by Gasteiger charge is 2.12. The molecule has 8 heteroatoms. The van der Waals surface area contributed by atoms with Crippen LogP contribution in [0.2, 0.25) is 0 Å². The minimum atomic E-state index is 0. The third-order valence-electron chi connectivity index (χ3n) is 4.90. The second-order valence-electron chi connectivity index (χ2n) is 7.21. The molecule has 1 aliphatic heterocycles. The second-order valence-corrected chi connectivity index (χ2v) is 7.21. The average Bonchev–Trinajstić information content (AvgIpc) is 2.74. The summed E-state index contributed by atoms with van der Waals surface area (Å²) in [4.78, 5) is 21.0. The maximum absolute atomic E-state index is 12.3. The minimum Gasteiger partial charge on any atom is -0.379 e. The fourth-order valence-electron chi connectivity index (χ4n) is 3.21. The van der Waals surface area contributed by atoms with Crippen LogP contribution >= 0.6 is 24.0 Å². The van der Waals surface area contributed by atoms with Gasteiger partial charge in [0.1, 0.15) is 0 Å². The van der Waals surface area contributed by atoms with Crippen molar-refractivity contribution in [3.8, 4) is 0 Å². The van der Waals surface area contributed by atoms with Gasteiger partial charge in [0.2, 0.25) is 5.91 Å². The van der Waals surface area contributed by atoms with Gasteiger partial charge >= 0.3 is 0 Å². The number of hydrogen-bond acceptors (Lipinski definition) is 4. The molecule has 1 saturated heterocycles. The third kappa shape index (κ3) is 9.90. The van der Waals surface area contributed by atoms with E-state index in [0.717, 1.165) is 69.4 Å². The lowest BCUT2D eigenvalue weighted by Gasteiger charge is -2.26. The molecule has 0 atom stereocenters. The van der Waals surface area contributed by atoms with Crippen molar-refractivity contribution in [2.45, 2.75) is 25.8 Å². The molecular formula is C22H36IN5O2. The lowest BCUT2D eigenvalue weighted by atomic mass is 10.2. The molecular weight excluding hydrogens is 493 g/mol. The Morgan fingerprint density at radius 3 is 2.83 bits per heavy atom. The molecule has 0 spiro atoms. The first-order valence-electron chi connectivity index (χ1n) is 10.3. The van der Waals surface area contributed by atoms with Gasteiger partial charge in [0.05, 0.1) is 13.2 Å². The molecule has 7 nitrogen and oxygen atoms in total. The standard InChI is InChI=1S/C22H35N5O2.HI/c1-4-5-6-11-26(3)22(23-2)24-18-19-8-7-9-20(17-19)25-21(28)10-12-27-13-15-29-16-14-27;/h4,7-9,17H,1,5-6,10-16,18H2,2-3H3,(H,23,24)(H,25,28);1H. The van der Waals surface area contributed by atoms with E-state index in [-0.39, 0.29) is 29.9 Å². The summed E-state index contributed by atoms with van der Waals surface area (Å²) < 4.78 is 5.34. The van der Waals surface area contributed by atoms with Crippen molar-refractivity contribution < 1.29 is 9.53 Å². The van der Waals surface area contributed by atoms with Crippen LogP contribution in [0.25, 0.3) is 0 Å². The summed E-state index contributed by atoms with van der Waals surface area (Å²) >= 11 is 0. The molecule has 1 heterocycles. The number of guanidine groups is 1. The number of nitrogens with zero attached hydrogens (tertiary/aromatic N) is 3. The molecule has 1 aromatic rings. The number of carbonyl (C=O) groups is 1. The zero-order valence-electron chi connectivity index (χ0n) is 18.2. The molecule has 1 aromatic carbocycles. The Bertz CT molecular complexity index is 677. The van der Waals surface area contributed by atoms with Crippen molar-refractivity contribution in [3.63, 3.8) is 0 Å². The van der Waals surface area contributed by atoms with Gasteiger partial charge in [-0.25, -0.2) is 0 Å². The van der Waals surface area contributed by atoms with Crippen LogP contribution in [-0.4, -0.2) is 75.2 Å². The molecule has 1 fully saturated rings. The van der Waals surface area contributed by atoms with Gasteiger partial charge in [0.25, 0.3) is 0 Å². The molecule has 0 aliphatic carbocycles. The molecule has 168 valence electrons. The van der Waals surface area contributed by atoms with Crippen LogP contribution in [0.5, 0.6) is 0 Å². The van der Waals surface area contributed by atoms with E-state index in [2.05, 4.69) is 32.0 Å². The average molecular weight is 529 g/mol. The monoisotopic (exact) mass is 529 g/mol. The zero-order chi connectivity index (χ0) is 20.9. The predicted octanol–water partition coefficient (Wildman–Crippen LogP) is 2.94. The van der Waals surface area contributed by atoms with Crippen molar-refractivity contribution in [1.82, 2.24) is 15.1 Å². The molecule has 1 aliphatic rings. The Morgan fingerprint density at radius 2 is 2.13 bits per heavy atom. The molecule has 0 bridgehead atoms. The number of carbonyl (C=O) groups excluding carboxylic acids is 1. The van der Waals surface area contributed by atoms with Crippen LogP contribution in [0.3, 0.4) is 0 Å². The summed E-state index contributed by atoms with van der Waals surface area (Å²) in [5.74, 6) is 0.897. The van der Waals surface area contributed by atoms with E-state index >= 15 is 0 Å². The van der Waals surface area contributed by atoms with E-state index in [1.807, 2.05) is 37.4 Å². The highest BCUT2D eigenvalue weighted by Crippen LogP contribution is 2.11. The number of anilines is 1. The van der Waals surface area contributed by atoms with Gasteiger partial charge in [-0.15, -0.1) is 30.6 Å². The smallest absolute Gasteiger partial charge is 0.225 e. The van der Waals surface area contributed by atoms with Gasteiger partial charge in [0, 0.05) is 58.9 Å². The van der Waals surface area contributed by atoms with E-state index < -0.39 is 0 Å². The van der Waals surface area contributed by atoms with Crippen LogP contribution in [0.1, 0.15) is 24.8 Å². The number of morpholine rings is 1. The quantitative estimate of drug-likeness (QED) is 0.161. The molecule has 1 amide bonds. The summed E-state index contributed by atoms with van der Waals surface area (Å²) in [6.45, 7) is 9.41. The van der Waals surface area contributed by atoms with Gasteiger partial charge in [-0.2, -0.15) is 0 Å². The van der Waals surface area contributed by atoms with Crippen LogP contribution in [0.4, 0.5) is 5.69 Å². The number of aliphatic imine (C=N–C) groups is 1. The molecule has 0 unspecified atom stereocenters. The largest absolute Gasteiger partial charge is 0.379 e. The number of allylic oxidation sites excluding steroid dienone is 1. The van der Waals surface area contributed by atoms with E-state index in [0.29, 0.717) is 13.0 Å². The maximum atomic E-state index is 12.3. The van der Waals surface area contributed by atoms with Crippen molar-refractivity contribution >= 4 is 41.5 Å². The number of ether oxygens (including phenoxy) is 1. The number of amides is 1. The summed E-state index contributed by atoms with van der Waals surface area (Å²) in [7, 11) is 3.82. The Kier molecular flexibility index (Phi) is 13.4. The van der Waals surface area contributed by atoms with E-state index in [1.54, 1.807) is 7.05 Å². The first-order chi connectivity index (χ1) is 14.1. The van der Waals surface area contributed by atoms with E-state index in [1.165, 1.54) is 0 Å². The fraction of sp³-hybridized carbons (Fsp3) is 0.545. The highest BCUT2D eigenvalue weighted by molar-refractivity contribution is 14.0. The zero-order valence-corrected chi connectivity index (χ0v) is 20.6. The topological polar surface area (TPSA) is 69.2 Å². The SMILES string of the molecule is C=CCCCN(C)C(=NC)NCc1cccc(NC(=O)CCN2CCOCC2)c1.I. The number of rotatable bonds is 10. The lowest BCUT2D eigenvalue weighted by molar-refractivity contribution is -0.116. The molecule has 2 N–H and O–H groups in total. The maximum Gasteiger partial charge on any atom is 0.225 e. The van der Waals surface area contributed by atoms with Gasteiger partial charge in [0.15, 0.2) is 5.96 Å². The second kappa shape index (κ2) is 15.2. The predicted molar refractivity (Wildman–Crippen MR) is 135 cm³/mol. The summed E-state index contributed by atoms with van der Waals surface area (Å²) in [6, 6.07) is 7.93. The molecule has 0 saturated carbocycles. The first-order valence-corrected chi connectivity index (χ1v) is 10.3. The number of unbranched alkanes of at least 4 members (excludes halogenated alkanes) is 1. The highest BCUT2D eigenvalue weighted by atomic mass is 127. The van der Waals surface area contributed by atoms with Crippen LogP contribution < -0.4 is 10.6 Å². The van der Waals surface area contributed by atoms with Gasteiger partial charge < -0.3 is 20.3 Å². The summed E-state index contributed by atoms with van der Waals surface area (Å²) in [6.07, 6.45) is 4.47. The van der Waals surface area contributed by atoms with Crippen molar-refractivity contribution in [2.75, 3.05) is 58.8 Å². The first kappa shape index (κ1) is 26.4. The van der Waals surface area contributed by atoms with Gasteiger partial charge in [-0.1, -0.05) is 18.2 Å². The summed E-state index contributed by atoms with van der Waals surface area (Å²) in [5.41, 5.74) is 1.92. The fourth-order valence-corrected chi connectivity index (χ4v) is 3.21. The molecule has 2 rings (SSSR count). The Hall–Kier alpha value is -1.65. The normalized spacial score (nSPS) is 14.5. The third-order valence-corrected chi connectivity index (χ3v) is 4.90. The van der Waals surface area contributed by atoms with Crippen molar-refractivity contribution in [2.24, 2.45) is 4.99 Å². The minimum absolute atomic E-state index is 0. The van der Waals surface area contributed by atoms with Crippen LogP contribution in [0.15, 0.2) is 41.9 Å². The Morgan fingerprint density at radius 1 is 1.37 bits per heavy atom. The molecule has 30 heavy (non-hydrogen) atoms. The van der Waals surface area contributed by atoms with Crippen molar-refractivity contribution in [3.05, 3.63) is 42.5 Å². The van der Waals surface area contributed by atoms with E-state index in [4.69, 9.17) is 4.74 Å². The van der Waals surface area contributed by atoms with Gasteiger partial charge in [-0.3, -0.25) is 14.7 Å². The van der Waals surface area contributed by atoms with E-state index in [9.17, 15) is 4.79 Å². The van der Waals surface area contributed by atoms with Gasteiger partial charge in [-0.05, 0) is 30.5 Å². The van der Waals surface area contributed by atoms with Crippen LogP contribution in [-0.2, 0) is 16.1 Å². The Balaban J connectivity index is 0.00000450.